The molecule has 5 heteroatoms. The number of esters is 1. The van der Waals surface area contributed by atoms with Gasteiger partial charge in [0.1, 0.15) is 0 Å². The summed E-state index contributed by atoms with van der Waals surface area (Å²) >= 11 is 0. The van der Waals surface area contributed by atoms with Crippen LogP contribution in [0.1, 0.15) is 53.4 Å². The summed E-state index contributed by atoms with van der Waals surface area (Å²) in [5, 5.41) is 0. The molecular weight excluding hydrogens is 258 g/mol. The first-order valence-electron chi connectivity index (χ1n) is 7.64. The van der Waals surface area contributed by atoms with E-state index in [2.05, 4.69) is 0 Å². The summed E-state index contributed by atoms with van der Waals surface area (Å²) in [6, 6.07) is -0.101. The standard InChI is InChI=1S/C15H27NO4/c1-5-19-14(17)12-9-7-8-10-13(12)16(11(3)4)15(18)20-6-2/h11-13H,5-10H2,1-4H3. The molecule has 1 amide bonds. The maximum absolute atomic E-state index is 12.2. The van der Waals surface area contributed by atoms with E-state index >= 15 is 0 Å². The van der Waals surface area contributed by atoms with Crippen LogP contribution in [0.5, 0.6) is 0 Å². The number of ether oxygens (including phenoxy) is 2. The Kier molecular flexibility index (Phi) is 6.82. The minimum absolute atomic E-state index is 0.00840. The number of hydrogen-bond acceptors (Lipinski definition) is 4. The second kappa shape index (κ2) is 8.12. The maximum Gasteiger partial charge on any atom is 0.410 e. The molecule has 2 atom stereocenters. The monoisotopic (exact) mass is 285 g/mol. The molecule has 0 saturated heterocycles. The molecule has 0 aromatic heterocycles. The van der Waals surface area contributed by atoms with Crippen molar-refractivity contribution in [2.75, 3.05) is 13.2 Å². The summed E-state index contributed by atoms with van der Waals surface area (Å²) in [6.45, 7) is 8.23. The third kappa shape index (κ3) is 4.12. The van der Waals surface area contributed by atoms with E-state index in [1.54, 1.807) is 18.7 Å². The number of rotatable bonds is 5. The lowest BCUT2D eigenvalue weighted by Crippen LogP contribution is -2.51. The lowest BCUT2D eigenvalue weighted by molar-refractivity contribution is -0.151. The lowest BCUT2D eigenvalue weighted by Gasteiger charge is -2.40. The van der Waals surface area contributed by atoms with E-state index in [0.717, 1.165) is 25.7 Å². The quantitative estimate of drug-likeness (QED) is 0.729. The molecule has 0 bridgehead atoms. The van der Waals surface area contributed by atoms with E-state index in [4.69, 9.17) is 9.47 Å². The van der Waals surface area contributed by atoms with Crippen LogP contribution in [-0.4, -0.2) is 42.3 Å². The van der Waals surface area contributed by atoms with Gasteiger partial charge in [0.05, 0.1) is 19.1 Å². The Labute approximate surface area is 121 Å². The van der Waals surface area contributed by atoms with Crippen molar-refractivity contribution in [3.63, 3.8) is 0 Å². The van der Waals surface area contributed by atoms with Crippen LogP contribution in [0.15, 0.2) is 0 Å². The predicted octanol–water partition coefficient (Wildman–Crippen LogP) is 2.98. The zero-order chi connectivity index (χ0) is 15.1. The molecule has 1 rings (SSSR count). The van der Waals surface area contributed by atoms with Gasteiger partial charge < -0.3 is 14.4 Å². The summed E-state index contributed by atoms with van der Waals surface area (Å²) in [5.41, 5.74) is 0. The number of hydrogen-bond donors (Lipinski definition) is 0. The molecule has 1 aliphatic rings. The molecule has 5 nitrogen and oxygen atoms in total. The van der Waals surface area contributed by atoms with Crippen molar-refractivity contribution in [2.45, 2.75) is 65.5 Å². The van der Waals surface area contributed by atoms with Gasteiger partial charge in [-0.15, -0.1) is 0 Å². The second-order valence-electron chi connectivity index (χ2n) is 5.41. The average Bonchev–Trinajstić information content (AvgIpc) is 2.39. The van der Waals surface area contributed by atoms with Crippen LogP contribution in [0.2, 0.25) is 0 Å². The summed E-state index contributed by atoms with van der Waals surface area (Å²) in [4.78, 5) is 26.0. The molecule has 0 heterocycles. The largest absolute Gasteiger partial charge is 0.466 e. The Balaban J connectivity index is 2.89. The van der Waals surface area contributed by atoms with Gasteiger partial charge in [0, 0.05) is 12.1 Å². The highest BCUT2D eigenvalue weighted by atomic mass is 16.6. The average molecular weight is 285 g/mol. The normalized spacial score (nSPS) is 22.4. The molecule has 0 aromatic carbocycles. The zero-order valence-electron chi connectivity index (χ0n) is 13.1. The number of amides is 1. The Morgan fingerprint density at radius 3 is 2.25 bits per heavy atom. The van der Waals surface area contributed by atoms with Gasteiger partial charge in [0.2, 0.25) is 0 Å². The van der Waals surface area contributed by atoms with Gasteiger partial charge in [-0.2, -0.15) is 0 Å². The summed E-state index contributed by atoms with van der Waals surface area (Å²) in [7, 11) is 0. The molecule has 0 radical (unpaired) electrons. The first-order chi connectivity index (χ1) is 9.52. The third-order valence-corrected chi connectivity index (χ3v) is 3.71. The predicted molar refractivity (Wildman–Crippen MR) is 76.4 cm³/mol. The molecule has 0 aromatic rings. The molecule has 2 unspecified atom stereocenters. The van der Waals surface area contributed by atoms with Gasteiger partial charge in [0.15, 0.2) is 0 Å². The van der Waals surface area contributed by atoms with Crippen molar-refractivity contribution >= 4 is 12.1 Å². The van der Waals surface area contributed by atoms with Crippen molar-refractivity contribution in [1.82, 2.24) is 4.90 Å². The number of carbonyl (C=O) groups excluding carboxylic acids is 2. The van der Waals surface area contributed by atoms with Crippen molar-refractivity contribution in [3.8, 4) is 0 Å². The zero-order valence-corrected chi connectivity index (χ0v) is 13.1. The van der Waals surface area contributed by atoms with Gasteiger partial charge >= 0.3 is 12.1 Å². The Hall–Kier alpha value is -1.26. The maximum atomic E-state index is 12.2. The highest BCUT2D eigenvalue weighted by Gasteiger charge is 2.39. The second-order valence-corrected chi connectivity index (χ2v) is 5.41. The fourth-order valence-electron chi connectivity index (χ4n) is 2.90. The molecule has 0 spiro atoms. The molecule has 1 fully saturated rings. The van der Waals surface area contributed by atoms with E-state index < -0.39 is 0 Å². The Bertz CT molecular complexity index is 330. The van der Waals surface area contributed by atoms with E-state index in [0.29, 0.717) is 13.2 Å². The van der Waals surface area contributed by atoms with Crippen LogP contribution >= 0.6 is 0 Å². The van der Waals surface area contributed by atoms with Crippen LogP contribution in [0.25, 0.3) is 0 Å². The van der Waals surface area contributed by atoms with Crippen molar-refractivity contribution < 1.29 is 19.1 Å². The van der Waals surface area contributed by atoms with E-state index in [1.165, 1.54) is 0 Å². The molecule has 1 aliphatic carbocycles. The first-order valence-corrected chi connectivity index (χ1v) is 7.64. The molecule has 1 saturated carbocycles. The van der Waals surface area contributed by atoms with Crippen LogP contribution < -0.4 is 0 Å². The summed E-state index contributed by atoms with van der Waals surface area (Å²) < 4.78 is 10.3. The van der Waals surface area contributed by atoms with Crippen LogP contribution in [0, 0.1) is 5.92 Å². The Morgan fingerprint density at radius 2 is 1.70 bits per heavy atom. The highest BCUT2D eigenvalue weighted by Crippen LogP contribution is 2.31. The van der Waals surface area contributed by atoms with Crippen molar-refractivity contribution in [3.05, 3.63) is 0 Å². The number of nitrogens with zero attached hydrogens (tertiary/aromatic N) is 1. The van der Waals surface area contributed by atoms with E-state index in [1.807, 2.05) is 13.8 Å². The Morgan fingerprint density at radius 1 is 1.10 bits per heavy atom. The van der Waals surface area contributed by atoms with Crippen LogP contribution in [0.3, 0.4) is 0 Å². The number of carbonyl (C=O) groups is 2. The third-order valence-electron chi connectivity index (χ3n) is 3.71. The van der Waals surface area contributed by atoms with Gasteiger partial charge in [-0.1, -0.05) is 12.8 Å². The molecule has 116 valence electrons. The fourth-order valence-corrected chi connectivity index (χ4v) is 2.90. The summed E-state index contributed by atoms with van der Waals surface area (Å²) in [6.07, 6.45) is 3.33. The molecule has 0 N–H and O–H groups in total. The van der Waals surface area contributed by atoms with E-state index in [-0.39, 0.29) is 30.1 Å². The molecule has 0 aliphatic heterocycles. The van der Waals surface area contributed by atoms with Crippen LogP contribution in [-0.2, 0) is 14.3 Å². The minimum Gasteiger partial charge on any atom is -0.466 e. The fraction of sp³-hybridized carbons (Fsp3) is 0.867. The van der Waals surface area contributed by atoms with Crippen molar-refractivity contribution in [1.29, 1.82) is 0 Å². The minimum atomic E-state index is -0.330. The highest BCUT2D eigenvalue weighted by molar-refractivity contribution is 5.75. The van der Waals surface area contributed by atoms with E-state index in [9.17, 15) is 9.59 Å². The van der Waals surface area contributed by atoms with Gasteiger partial charge in [0.25, 0.3) is 0 Å². The molecular formula is C15H27NO4. The smallest absolute Gasteiger partial charge is 0.410 e. The van der Waals surface area contributed by atoms with Gasteiger partial charge in [-0.3, -0.25) is 4.79 Å². The molecule has 20 heavy (non-hydrogen) atoms. The topological polar surface area (TPSA) is 55.8 Å². The van der Waals surface area contributed by atoms with Gasteiger partial charge in [-0.25, -0.2) is 4.79 Å². The van der Waals surface area contributed by atoms with Crippen LogP contribution in [0.4, 0.5) is 4.79 Å². The first kappa shape index (κ1) is 16.8. The lowest BCUT2D eigenvalue weighted by atomic mass is 9.83. The summed E-state index contributed by atoms with van der Waals surface area (Å²) in [5.74, 6) is -0.414. The van der Waals surface area contributed by atoms with Gasteiger partial charge in [-0.05, 0) is 40.5 Å². The van der Waals surface area contributed by atoms with Crippen molar-refractivity contribution in [2.24, 2.45) is 5.92 Å². The SMILES string of the molecule is CCOC(=O)C1CCCCC1N(C(=O)OCC)C(C)C.